The van der Waals surface area contributed by atoms with Gasteiger partial charge in [0.25, 0.3) is 0 Å². The molecule has 0 amide bonds. The minimum atomic E-state index is -3.81. The molecule has 6 atom stereocenters. The number of hydrogen-bond acceptors (Lipinski definition) is 8. The standard InChI is InChI=1S/C23H32O8S2/c1-22(2)28-19-12-17-15-7-6-13-10-14(30-32(4,24)25)11-18(31-33(5,26)27)20(13)16(15)8-9-23(17,3)21(19)29-22/h10-11,15-17,19,21H,6-9,12H2,1-5H3/t15-,16-,17-,19+,21+,23-/m0/s1. The van der Waals surface area contributed by atoms with E-state index < -0.39 is 26.0 Å². The molecule has 5 rings (SSSR count). The van der Waals surface area contributed by atoms with Crippen LogP contribution in [-0.4, -0.2) is 47.3 Å². The molecule has 0 spiro atoms. The van der Waals surface area contributed by atoms with E-state index in [1.807, 2.05) is 13.8 Å². The average molecular weight is 501 g/mol. The summed E-state index contributed by atoms with van der Waals surface area (Å²) in [7, 11) is -7.57. The lowest BCUT2D eigenvalue weighted by molar-refractivity contribution is -0.178. The molecule has 10 heteroatoms. The molecule has 0 bridgehead atoms. The van der Waals surface area contributed by atoms with Gasteiger partial charge in [-0.05, 0) is 80.8 Å². The fourth-order valence-electron chi connectivity index (χ4n) is 7.07. The number of ether oxygens (including phenoxy) is 2. The summed E-state index contributed by atoms with van der Waals surface area (Å²) in [5, 5.41) is 0. The van der Waals surface area contributed by atoms with Crippen molar-refractivity contribution in [1.82, 2.24) is 0 Å². The Kier molecular flexibility index (Phi) is 5.19. The topological polar surface area (TPSA) is 105 Å². The van der Waals surface area contributed by atoms with Crippen molar-refractivity contribution < 1.29 is 34.7 Å². The van der Waals surface area contributed by atoms with E-state index >= 15 is 0 Å². The van der Waals surface area contributed by atoms with Crippen molar-refractivity contribution in [2.45, 2.75) is 76.8 Å². The van der Waals surface area contributed by atoms with Gasteiger partial charge in [0.2, 0.25) is 0 Å². The second-order valence-corrected chi connectivity index (χ2v) is 14.0. The average Bonchev–Trinajstić information content (AvgIpc) is 3.08. The molecule has 3 fully saturated rings. The van der Waals surface area contributed by atoms with Crippen LogP contribution in [0.5, 0.6) is 11.5 Å². The van der Waals surface area contributed by atoms with Crippen LogP contribution in [0, 0.1) is 17.3 Å². The highest BCUT2D eigenvalue weighted by Gasteiger charge is 2.63. The van der Waals surface area contributed by atoms with E-state index in [4.69, 9.17) is 17.8 Å². The zero-order chi connectivity index (χ0) is 24.0. The van der Waals surface area contributed by atoms with Gasteiger partial charge in [0.15, 0.2) is 5.79 Å². The second-order valence-electron chi connectivity index (χ2n) is 10.9. The third-order valence-electron chi connectivity index (χ3n) is 8.00. The van der Waals surface area contributed by atoms with Gasteiger partial charge in [-0.25, -0.2) is 0 Å². The van der Waals surface area contributed by atoms with E-state index in [1.165, 1.54) is 6.07 Å². The molecule has 1 saturated heterocycles. The Hall–Kier alpha value is -1.36. The molecule has 0 N–H and O–H groups in total. The monoisotopic (exact) mass is 500 g/mol. The van der Waals surface area contributed by atoms with Crippen LogP contribution < -0.4 is 8.37 Å². The molecule has 3 aliphatic carbocycles. The maximum Gasteiger partial charge on any atom is 0.306 e. The summed E-state index contributed by atoms with van der Waals surface area (Å²) in [5.74, 6) is 0.565. The van der Waals surface area contributed by atoms with Crippen LogP contribution in [0.15, 0.2) is 12.1 Å². The van der Waals surface area contributed by atoms with Gasteiger partial charge < -0.3 is 17.8 Å². The zero-order valence-electron chi connectivity index (χ0n) is 19.7. The lowest BCUT2D eigenvalue weighted by atomic mass is 9.55. The summed E-state index contributed by atoms with van der Waals surface area (Å²) in [6, 6.07) is 3.11. The molecule has 1 heterocycles. The van der Waals surface area contributed by atoms with Gasteiger partial charge in [-0.3, -0.25) is 0 Å². The van der Waals surface area contributed by atoms with E-state index in [2.05, 4.69) is 6.92 Å². The summed E-state index contributed by atoms with van der Waals surface area (Å²) in [6.45, 7) is 6.25. The first-order valence-corrected chi connectivity index (χ1v) is 15.1. The van der Waals surface area contributed by atoms with Crippen LogP contribution in [0.1, 0.15) is 63.5 Å². The molecule has 8 nitrogen and oxygen atoms in total. The lowest BCUT2D eigenvalue weighted by Gasteiger charge is -2.50. The van der Waals surface area contributed by atoms with Gasteiger partial charge in [0, 0.05) is 11.6 Å². The predicted octanol–water partition coefficient (Wildman–Crippen LogP) is 3.35. The highest BCUT2D eigenvalue weighted by Crippen LogP contribution is 2.65. The van der Waals surface area contributed by atoms with Crippen molar-refractivity contribution in [2.75, 3.05) is 12.5 Å². The van der Waals surface area contributed by atoms with E-state index in [9.17, 15) is 16.8 Å². The first-order valence-electron chi connectivity index (χ1n) is 11.5. The first kappa shape index (κ1) is 23.4. The van der Waals surface area contributed by atoms with Gasteiger partial charge in [-0.2, -0.15) is 16.8 Å². The number of hydrogen-bond donors (Lipinski definition) is 0. The minimum Gasteiger partial charge on any atom is -0.382 e. The van der Waals surface area contributed by atoms with Gasteiger partial charge in [-0.15, -0.1) is 0 Å². The fourth-order valence-corrected chi connectivity index (χ4v) is 7.98. The number of benzene rings is 1. The van der Waals surface area contributed by atoms with Crippen molar-refractivity contribution in [3.8, 4) is 11.5 Å². The van der Waals surface area contributed by atoms with Crippen molar-refractivity contribution in [2.24, 2.45) is 17.3 Å². The Balaban J connectivity index is 1.53. The van der Waals surface area contributed by atoms with Gasteiger partial charge in [-0.1, -0.05) is 6.92 Å². The molecule has 33 heavy (non-hydrogen) atoms. The summed E-state index contributed by atoms with van der Waals surface area (Å²) >= 11 is 0. The Bertz CT molecular complexity index is 1190. The van der Waals surface area contributed by atoms with Crippen LogP contribution in [0.25, 0.3) is 0 Å². The predicted molar refractivity (Wildman–Crippen MR) is 121 cm³/mol. The van der Waals surface area contributed by atoms with Crippen molar-refractivity contribution in [3.05, 3.63) is 23.3 Å². The summed E-state index contributed by atoms with van der Waals surface area (Å²) in [6.07, 6.45) is 6.49. The summed E-state index contributed by atoms with van der Waals surface area (Å²) in [4.78, 5) is 0. The highest BCUT2D eigenvalue weighted by atomic mass is 32.2. The van der Waals surface area contributed by atoms with E-state index in [0.29, 0.717) is 18.3 Å². The van der Waals surface area contributed by atoms with E-state index in [-0.39, 0.29) is 35.0 Å². The first-order chi connectivity index (χ1) is 15.2. The molecule has 1 aromatic carbocycles. The third-order valence-corrected chi connectivity index (χ3v) is 8.98. The van der Waals surface area contributed by atoms with Gasteiger partial charge >= 0.3 is 20.2 Å². The largest absolute Gasteiger partial charge is 0.382 e. The smallest absolute Gasteiger partial charge is 0.306 e. The normalized spacial score (nSPS) is 36.9. The zero-order valence-corrected chi connectivity index (χ0v) is 21.3. The molecular formula is C23H32O8S2. The lowest BCUT2D eigenvalue weighted by Crippen LogP contribution is -2.45. The molecule has 1 aliphatic heterocycles. The maximum absolute atomic E-state index is 12.1. The fraction of sp³-hybridized carbons (Fsp3) is 0.739. The molecule has 0 radical (unpaired) electrons. The highest BCUT2D eigenvalue weighted by molar-refractivity contribution is 7.86. The minimum absolute atomic E-state index is 0.00823. The van der Waals surface area contributed by atoms with Crippen molar-refractivity contribution in [3.63, 3.8) is 0 Å². The SMILES string of the molecule is CC1(C)O[C@@H]2[C@@H](C[C@H]3[C@H]4CCc5cc(OS(C)(=O)=O)cc(OS(C)(=O)=O)c5[C@H]4CC[C@]23C)O1. The van der Waals surface area contributed by atoms with Crippen LogP contribution >= 0.6 is 0 Å². The second kappa shape index (κ2) is 7.32. The van der Waals surface area contributed by atoms with Crippen molar-refractivity contribution >= 4 is 20.2 Å². The molecule has 4 aliphatic rings. The van der Waals surface area contributed by atoms with Gasteiger partial charge in [0.05, 0.1) is 24.7 Å². The summed E-state index contributed by atoms with van der Waals surface area (Å²) < 4.78 is 70.5. The molecule has 0 unspecified atom stereocenters. The van der Waals surface area contributed by atoms with E-state index in [0.717, 1.165) is 49.3 Å². The third kappa shape index (κ3) is 4.17. The molecule has 2 saturated carbocycles. The van der Waals surface area contributed by atoms with Crippen molar-refractivity contribution in [1.29, 1.82) is 0 Å². The van der Waals surface area contributed by atoms with Crippen LogP contribution in [0.2, 0.25) is 0 Å². The number of fused-ring (bicyclic) bond motifs is 7. The Morgan fingerprint density at radius 3 is 2.33 bits per heavy atom. The molecule has 1 aromatic rings. The van der Waals surface area contributed by atoms with Crippen LogP contribution in [-0.2, 0) is 36.1 Å². The van der Waals surface area contributed by atoms with E-state index in [1.54, 1.807) is 6.07 Å². The Morgan fingerprint density at radius 1 is 0.970 bits per heavy atom. The Morgan fingerprint density at radius 2 is 1.67 bits per heavy atom. The molecular weight excluding hydrogens is 468 g/mol. The number of rotatable bonds is 4. The van der Waals surface area contributed by atoms with Crippen LogP contribution in [0.3, 0.4) is 0 Å². The van der Waals surface area contributed by atoms with Crippen LogP contribution in [0.4, 0.5) is 0 Å². The summed E-state index contributed by atoms with van der Waals surface area (Å²) in [5.41, 5.74) is 1.78. The quantitative estimate of drug-likeness (QED) is 0.580. The number of aryl methyl sites for hydroxylation is 1. The molecule has 184 valence electrons. The van der Waals surface area contributed by atoms with Gasteiger partial charge in [0.1, 0.15) is 11.5 Å². The maximum atomic E-state index is 12.1. The molecule has 0 aromatic heterocycles. The Labute approximate surface area is 196 Å².